The van der Waals surface area contributed by atoms with Crippen LogP contribution < -0.4 is 4.74 Å². The van der Waals surface area contributed by atoms with E-state index >= 15 is 0 Å². The summed E-state index contributed by atoms with van der Waals surface area (Å²) >= 11 is 1.39. The summed E-state index contributed by atoms with van der Waals surface area (Å²) in [5.74, 6) is 0.373. The highest BCUT2D eigenvalue weighted by Gasteiger charge is 2.32. The first-order chi connectivity index (χ1) is 15.6. The van der Waals surface area contributed by atoms with Crippen molar-refractivity contribution in [3.8, 4) is 5.75 Å². The number of benzene rings is 3. The maximum atomic E-state index is 13.3. The molecule has 6 heteroatoms. The van der Waals surface area contributed by atoms with Crippen LogP contribution in [0.2, 0.25) is 0 Å². The number of carbonyl (C=O) groups is 1. The van der Waals surface area contributed by atoms with Crippen molar-refractivity contribution in [3.05, 3.63) is 101 Å². The summed E-state index contributed by atoms with van der Waals surface area (Å²) in [5.41, 5.74) is 2.49. The minimum atomic E-state index is -0.279. The molecule has 4 nitrogen and oxygen atoms in total. The van der Waals surface area contributed by atoms with E-state index in [2.05, 4.69) is 4.99 Å². The van der Waals surface area contributed by atoms with Crippen molar-refractivity contribution >= 4 is 34.6 Å². The van der Waals surface area contributed by atoms with Crippen LogP contribution in [-0.4, -0.2) is 22.5 Å². The number of rotatable bonds is 7. The minimum Gasteiger partial charge on any atom is -0.489 e. The molecule has 0 unspecified atom stereocenters. The second-order valence-corrected chi connectivity index (χ2v) is 8.29. The number of ether oxygens (including phenoxy) is 1. The van der Waals surface area contributed by atoms with Gasteiger partial charge < -0.3 is 4.74 Å². The molecule has 1 fully saturated rings. The maximum absolute atomic E-state index is 13.3. The first kappa shape index (κ1) is 21.8. The molecular formula is C26H23FN2O2S. The smallest absolute Gasteiger partial charge is 0.266 e. The van der Waals surface area contributed by atoms with E-state index in [0.29, 0.717) is 22.4 Å². The standard InChI is InChI=1S/C26H23FN2O2S/c1-2-15-29-25(30)24(32-26(29)28-22-9-4-3-5-10-22)17-19-11-13-23(14-12-19)31-18-20-7-6-8-21(27)16-20/h3-14,16-17H,2,15,18H2,1H3/b24-17+,28-26?. The Kier molecular flexibility index (Phi) is 7.02. The van der Waals surface area contributed by atoms with Crippen molar-refractivity contribution in [2.24, 2.45) is 4.99 Å². The zero-order chi connectivity index (χ0) is 22.3. The molecule has 1 amide bonds. The highest BCUT2D eigenvalue weighted by atomic mass is 32.2. The molecule has 1 aliphatic heterocycles. The summed E-state index contributed by atoms with van der Waals surface area (Å²) in [6.07, 6.45) is 2.73. The van der Waals surface area contributed by atoms with Crippen LogP contribution in [0.5, 0.6) is 5.75 Å². The van der Waals surface area contributed by atoms with Gasteiger partial charge >= 0.3 is 0 Å². The lowest BCUT2D eigenvalue weighted by atomic mass is 10.2. The molecule has 1 saturated heterocycles. The third-order valence-electron chi connectivity index (χ3n) is 4.79. The molecule has 162 valence electrons. The first-order valence-corrected chi connectivity index (χ1v) is 11.3. The third-order valence-corrected chi connectivity index (χ3v) is 5.80. The van der Waals surface area contributed by atoms with Crippen LogP contribution in [-0.2, 0) is 11.4 Å². The molecule has 0 aliphatic carbocycles. The van der Waals surface area contributed by atoms with Gasteiger partial charge in [-0.25, -0.2) is 9.38 Å². The van der Waals surface area contributed by atoms with Gasteiger partial charge in [-0.15, -0.1) is 0 Å². The lowest BCUT2D eigenvalue weighted by molar-refractivity contribution is -0.122. The average Bonchev–Trinajstić information content (AvgIpc) is 3.08. The summed E-state index contributed by atoms with van der Waals surface area (Å²) < 4.78 is 19.0. The van der Waals surface area contributed by atoms with E-state index < -0.39 is 0 Å². The molecule has 4 rings (SSSR count). The van der Waals surface area contributed by atoms with E-state index in [-0.39, 0.29) is 18.3 Å². The zero-order valence-corrected chi connectivity index (χ0v) is 18.5. The molecule has 3 aromatic rings. The molecule has 1 aliphatic rings. The lowest BCUT2D eigenvalue weighted by Crippen LogP contribution is -2.29. The normalized spacial score (nSPS) is 16.2. The van der Waals surface area contributed by atoms with Crippen molar-refractivity contribution in [2.75, 3.05) is 6.54 Å². The Morgan fingerprint density at radius 1 is 1.03 bits per heavy atom. The van der Waals surface area contributed by atoms with Gasteiger partial charge in [0, 0.05) is 6.54 Å². The van der Waals surface area contributed by atoms with Gasteiger partial charge in [0.25, 0.3) is 5.91 Å². The Morgan fingerprint density at radius 2 is 1.81 bits per heavy atom. The fourth-order valence-electron chi connectivity index (χ4n) is 3.23. The molecule has 0 spiro atoms. The highest BCUT2D eigenvalue weighted by molar-refractivity contribution is 8.18. The van der Waals surface area contributed by atoms with Crippen LogP contribution in [0.3, 0.4) is 0 Å². The van der Waals surface area contributed by atoms with E-state index in [4.69, 9.17) is 4.74 Å². The molecule has 0 saturated carbocycles. The fourth-order valence-corrected chi connectivity index (χ4v) is 4.25. The van der Waals surface area contributed by atoms with Gasteiger partial charge in [-0.3, -0.25) is 9.69 Å². The van der Waals surface area contributed by atoms with Crippen molar-refractivity contribution in [3.63, 3.8) is 0 Å². The van der Waals surface area contributed by atoms with Crippen LogP contribution in [0.4, 0.5) is 10.1 Å². The topological polar surface area (TPSA) is 41.9 Å². The summed E-state index contributed by atoms with van der Waals surface area (Å²) in [6.45, 7) is 2.96. The number of halogens is 1. The number of aliphatic imine (C=N–C) groups is 1. The number of carbonyl (C=O) groups excluding carboxylic acids is 1. The molecule has 32 heavy (non-hydrogen) atoms. The lowest BCUT2D eigenvalue weighted by Gasteiger charge is -2.13. The Balaban J connectivity index is 1.47. The van der Waals surface area contributed by atoms with Crippen LogP contribution in [0.25, 0.3) is 6.08 Å². The number of hydrogen-bond donors (Lipinski definition) is 0. The van der Waals surface area contributed by atoms with E-state index in [1.807, 2.05) is 73.7 Å². The van der Waals surface area contributed by atoms with Gasteiger partial charge in [0.15, 0.2) is 5.17 Å². The third kappa shape index (κ3) is 5.45. The van der Waals surface area contributed by atoms with E-state index in [9.17, 15) is 9.18 Å². The van der Waals surface area contributed by atoms with E-state index in [1.54, 1.807) is 11.0 Å². The van der Waals surface area contributed by atoms with E-state index in [1.165, 1.54) is 23.9 Å². The molecule has 0 aromatic heterocycles. The molecule has 0 bridgehead atoms. The largest absolute Gasteiger partial charge is 0.489 e. The number of amidine groups is 1. The second-order valence-electron chi connectivity index (χ2n) is 7.28. The Labute approximate surface area is 191 Å². The zero-order valence-electron chi connectivity index (χ0n) is 17.7. The van der Waals surface area contributed by atoms with Crippen LogP contribution >= 0.6 is 11.8 Å². The number of hydrogen-bond acceptors (Lipinski definition) is 4. The van der Waals surface area contributed by atoms with Gasteiger partial charge in [0.05, 0.1) is 10.6 Å². The van der Waals surface area contributed by atoms with Crippen molar-refractivity contribution in [1.82, 2.24) is 4.90 Å². The van der Waals surface area contributed by atoms with Crippen LogP contribution in [0, 0.1) is 5.82 Å². The highest BCUT2D eigenvalue weighted by Crippen LogP contribution is 2.34. The SMILES string of the molecule is CCCN1C(=O)/C(=C\c2ccc(OCc3cccc(F)c3)cc2)SC1=Nc1ccccc1. The van der Waals surface area contributed by atoms with E-state index in [0.717, 1.165) is 23.2 Å². The first-order valence-electron chi connectivity index (χ1n) is 10.4. The van der Waals surface area contributed by atoms with Crippen molar-refractivity contribution < 1.29 is 13.9 Å². The Bertz CT molecular complexity index is 1140. The molecule has 0 atom stereocenters. The van der Waals surface area contributed by atoms with Gasteiger partial charge in [0.1, 0.15) is 18.2 Å². The van der Waals surface area contributed by atoms with Crippen LogP contribution in [0.15, 0.2) is 88.8 Å². The van der Waals surface area contributed by atoms with Crippen LogP contribution in [0.1, 0.15) is 24.5 Å². The molecule has 3 aromatic carbocycles. The number of para-hydroxylation sites is 1. The summed E-state index contributed by atoms with van der Waals surface area (Å²) in [7, 11) is 0. The quantitative estimate of drug-likeness (QED) is 0.393. The average molecular weight is 447 g/mol. The number of thioether (sulfide) groups is 1. The fraction of sp³-hybridized carbons (Fsp3) is 0.154. The molecule has 0 radical (unpaired) electrons. The predicted octanol–water partition coefficient (Wildman–Crippen LogP) is 6.42. The monoisotopic (exact) mass is 446 g/mol. The number of nitrogens with zero attached hydrogens (tertiary/aromatic N) is 2. The summed E-state index contributed by atoms with van der Waals surface area (Å²) in [4.78, 5) is 20.0. The minimum absolute atomic E-state index is 0.0297. The predicted molar refractivity (Wildman–Crippen MR) is 128 cm³/mol. The van der Waals surface area contributed by atoms with Gasteiger partial charge in [-0.2, -0.15) is 0 Å². The van der Waals surface area contributed by atoms with Gasteiger partial charge in [-0.1, -0.05) is 49.4 Å². The van der Waals surface area contributed by atoms with Crippen molar-refractivity contribution in [2.45, 2.75) is 20.0 Å². The Hall–Kier alpha value is -3.38. The van der Waals surface area contributed by atoms with Gasteiger partial charge in [0.2, 0.25) is 0 Å². The summed E-state index contributed by atoms with van der Waals surface area (Å²) in [6, 6.07) is 23.5. The maximum Gasteiger partial charge on any atom is 0.266 e. The van der Waals surface area contributed by atoms with Crippen molar-refractivity contribution in [1.29, 1.82) is 0 Å². The molecule has 0 N–H and O–H groups in total. The molecule has 1 heterocycles. The number of amides is 1. The second kappa shape index (κ2) is 10.3. The Morgan fingerprint density at radius 3 is 2.53 bits per heavy atom. The molecular weight excluding hydrogens is 423 g/mol. The summed E-state index contributed by atoms with van der Waals surface area (Å²) in [5, 5.41) is 0.698. The van der Waals surface area contributed by atoms with Gasteiger partial charge in [-0.05, 0) is 71.8 Å².